The van der Waals surface area contributed by atoms with E-state index in [0.717, 1.165) is 12.5 Å². The van der Waals surface area contributed by atoms with Gasteiger partial charge < -0.3 is 10.2 Å². The molecular weight excluding hydrogens is 306 g/mol. The van der Waals surface area contributed by atoms with E-state index in [1.54, 1.807) is 0 Å². The van der Waals surface area contributed by atoms with Crippen LogP contribution in [-0.4, -0.2) is 54.6 Å². The molecule has 1 N–H and O–H groups in total. The molecule has 1 atom stereocenters. The average Bonchev–Trinajstić information content (AvgIpc) is 2.67. The number of hydrogen-bond donors (Lipinski definition) is 1. The van der Waals surface area contributed by atoms with Crippen LogP contribution in [0.5, 0.6) is 0 Å². The number of para-hydroxylation sites is 1. The lowest BCUT2D eigenvalue weighted by Gasteiger charge is -2.44. The molecule has 1 heterocycles. The zero-order valence-corrected chi connectivity index (χ0v) is 16.1. The first-order valence-corrected chi connectivity index (χ1v) is 10.0. The van der Waals surface area contributed by atoms with E-state index in [9.17, 15) is 0 Å². The van der Waals surface area contributed by atoms with Crippen LogP contribution in [-0.2, 0) is 0 Å². The van der Waals surface area contributed by atoms with Gasteiger partial charge in [-0.2, -0.15) is 0 Å². The zero-order chi connectivity index (χ0) is 17.5. The van der Waals surface area contributed by atoms with Crippen LogP contribution in [0.15, 0.2) is 42.5 Å². The summed E-state index contributed by atoms with van der Waals surface area (Å²) < 4.78 is 0. The number of nitrogens with zero attached hydrogens (tertiary/aromatic N) is 2. The summed E-state index contributed by atoms with van der Waals surface area (Å²) in [6.45, 7) is 11.8. The van der Waals surface area contributed by atoms with Crippen molar-refractivity contribution in [3.05, 3.63) is 42.5 Å². The van der Waals surface area contributed by atoms with E-state index < -0.39 is 0 Å². The molecule has 0 saturated carbocycles. The Morgan fingerprint density at radius 1 is 1.04 bits per heavy atom. The van der Waals surface area contributed by atoms with Gasteiger partial charge >= 0.3 is 0 Å². The Labute approximate surface area is 154 Å². The average molecular weight is 342 g/mol. The van der Waals surface area contributed by atoms with E-state index in [1.807, 2.05) is 0 Å². The molecule has 1 aromatic rings. The highest BCUT2D eigenvalue weighted by atomic mass is 15.3. The van der Waals surface area contributed by atoms with E-state index in [-0.39, 0.29) is 5.54 Å². The molecule has 0 amide bonds. The van der Waals surface area contributed by atoms with Gasteiger partial charge in [-0.25, -0.2) is 0 Å². The van der Waals surface area contributed by atoms with E-state index in [4.69, 9.17) is 0 Å². The Kier molecular flexibility index (Phi) is 6.55. The van der Waals surface area contributed by atoms with Crippen LogP contribution in [0.2, 0.25) is 0 Å². The largest absolute Gasteiger partial charge is 0.383 e. The Balaban J connectivity index is 1.39. The molecule has 0 spiro atoms. The quantitative estimate of drug-likeness (QED) is 0.748. The van der Waals surface area contributed by atoms with Crippen LogP contribution in [0.25, 0.3) is 0 Å². The fraction of sp³-hybridized carbons (Fsp3) is 0.636. The minimum Gasteiger partial charge on any atom is -0.383 e. The minimum atomic E-state index is 0.191. The minimum absolute atomic E-state index is 0.191. The summed E-state index contributed by atoms with van der Waals surface area (Å²) in [6.07, 6.45) is 10.1. The summed E-state index contributed by atoms with van der Waals surface area (Å²) in [5.74, 6) is 0.926. The standard InChI is InChI=1S/C22H35N3/c1-22(2,19-23-21-11-7-4-8-12-21)25-17-15-24(16-18-25)14-13-20-9-5-3-6-10-20/h3-5,7-8,11-12,20,23H,6,9-10,13-19H2,1-2H3/t20-/m1/s1. The van der Waals surface area contributed by atoms with Gasteiger partial charge in [-0.1, -0.05) is 30.4 Å². The van der Waals surface area contributed by atoms with Crippen molar-refractivity contribution in [1.82, 2.24) is 9.80 Å². The molecule has 3 nitrogen and oxygen atoms in total. The summed E-state index contributed by atoms with van der Waals surface area (Å²) in [6, 6.07) is 10.6. The van der Waals surface area contributed by atoms with Crippen LogP contribution in [0.1, 0.15) is 39.5 Å². The van der Waals surface area contributed by atoms with E-state index in [0.29, 0.717) is 0 Å². The van der Waals surface area contributed by atoms with Gasteiger partial charge in [-0.3, -0.25) is 4.90 Å². The molecule has 1 aromatic carbocycles. The van der Waals surface area contributed by atoms with Gasteiger partial charge in [0.1, 0.15) is 0 Å². The van der Waals surface area contributed by atoms with E-state index >= 15 is 0 Å². The molecule has 1 aliphatic carbocycles. The molecule has 138 valence electrons. The number of rotatable bonds is 7. The normalized spacial score (nSPS) is 22.9. The topological polar surface area (TPSA) is 18.5 Å². The van der Waals surface area contributed by atoms with Crippen LogP contribution in [0.4, 0.5) is 5.69 Å². The Morgan fingerprint density at radius 3 is 2.48 bits per heavy atom. The smallest absolute Gasteiger partial charge is 0.0340 e. The van der Waals surface area contributed by atoms with Gasteiger partial charge in [0.25, 0.3) is 0 Å². The van der Waals surface area contributed by atoms with Crippen molar-refractivity contribution in [3.63, 3.8) is 0 Å². The maximum atomic E-state index is 3.60. The fourth-order valence-electron chi connectivity index (χ4n) is 4.05. The lowest BCUT2D eigenvalue weighted by Crippen LogP contribution is -2.57. The maximum absolute atomic E-state index is 3.60. The highest BCUT2D eigenvalue weighted by molar-refractivity contribution is 5.42. The molecule has 0 bridgehead atoms. The van der Waals surface area contributed by atoms with Crippen molar-refractivity contribution < 1.29 is 0 Å². The Bertz CT molecular complexity index is 529. The number of hydrogen-bond acceptors (Lipinski definition) is 3. The molecule has 0 aromatic heterocycles. The predicted molar refractivity (Wildman–Crippen MR) is 108 cm³/mol. The summed E-state index contributed by atoms with van der Waals surface area (Å²) in [5.41, 5.74) is 1.41. The van der Waals surface area contributed by atoms with Gasteiger partial charge in [0, 0.05) is 44.0 Å². The van der Waals surface area contributed by atoms with Crippen LogP contribution in [0.3, 0.4) is 0 Å². The van der Waals surface area contributed by atoms with E-state index in [1.165, 1.54) is 64.1 Å². The first-order chi connectivity index (χ1) is 12.1. The zero-order valence-electron chi connectivity index (χ0n) is 16.1. The third kappa shape index (κ3) is 5.58. The van der Waals surface area contributed by atoms with Crippen molar-refractivity contribution in [2.24, 2.45) is 5.92 Å². The highest BCUT2D eigenvalue weighted by Gasteiger charge is 2.29. The summed E-state index contributed by atoms with van der Waals surface area (Å²) in [7, 11) is 0. The highest BCUT2D eigenvalue weighted by Crippen LogP contribution is 2.23. The first-order valence-electron chi connectivity index (χ1n) is 10.0. The van der Waals surface area contributed by atoms with Crippen molar-refractivity contribution in [2.45, 2.75) is 45.1 Å². The Hall–Kier alpha value is -1.32. The van der Waals surface area contributed by atoms with Crippen molar-refractivity contribution in [3.8, 4) is 0 Å². The summed E-state index contributed by atoms with van der Waals surface area (Å²) in [4.78, 5) is 5.33. The Morgan fingerprint density at radius 2 is 1.80 bits per heavy atom. The number of benzene rings is 1. The molecule has 2 aliphatic rings. The second-order valence-electron chi connectivity index (χ2n) is 8.30. The SMILES string of the molecule is CC(C)(CNc1ccccc1)N1CCN(CC[C@@H]2CC=CCC2)CC1. The van der Waals surface area contributed by atoms with Crippen molar-refractivity contribution in [2.75, 3.05) is 44.6 Å². The third-order valence-corrected chi connectivity index (χ3v) is 5.96. The molecular formula is C22H35N3. The third-order valence-electron chi connectivity index (χ3n) is 5.96. The van der Waals surface area contributed by atoms with Gasteiger partial charge in [-0.15, -0.1) is 0 Å². The number of nitrogens with one attached hydrogen (secondary N) is 1. The molecule has 25 heavy (non-hydrogen) atoms. The fourth-order valence-corrected chi connectivity index (χ4v) is 4.05. The van der Waals surface area contributed by atoms with Crippen LogP contribution >= 0.6 is 0 Å². The van der Waals surface area contributed by atoms with Crippen molar-refractivity contribution in [1.29, 1.82) is 0 Å². The molecule has 1 aliphatic heterocycles. The summed E-state index contributed by atoms with van der Waals surface area (Å²) >= 11 is 0. The van der Waals surface area contributed by atoms with Crippen LogP contribution < -0.4 is 5.32 Å². The van der Waals surface area contributed by atoms with Gasteiger partial charge in [0.15, 0.2) is 0 Å². The second-order valence-corrected chi connectivity index (χ2v) is 8.30. The molecule has 3 rings (SSSR count). The molecule has 1 fully saturated rings. The predicted octanol–water partition coefficient (Wildman–Crippen LogP) is 4.24. The number of allylic oxidation sites excluding steroid dienone is 2. The van der Waals surface area contributed by atoms with Gasteiger partial charge in [0.05, 0.1) is 0 Å². The lowest BCUT2D eigenvalue weighted by molar-refractivity contribution is 0.0565. The lowest BCUT2D eigenvalue weighted by atomic mass is 9.91. The first kappa shape index (κ1) is 18.5. The molecule has 0 unspecified atom stereocenters. The van der Waals surface area contributed by atoms with Gasteiger partial charge in [0.2, 0.25) is 0 Å². The monoisotopic (exact) mass is 341 g/mol. The summed E-state index contributed by atoms with van der Waals surface area (Å²) in [5, 5.41) is 3.60. The number of anilines is 1. The molecule has 1 saturated heterocycles. The molecule has 3 heteroatoms. The van der Waals surface area contributed by atoms with Crippen molar-refractivity contribution >= 4 is 5.69 Å². The van der Waals surface area contributed by atoms with E-state index in [2.05, 4.69) is 71.4 Å². The number of piperazine rings is 1. The van der Waals surface area contributed by atoms with Gasteiger partial charge in [-0.05, 0) is 64.1 Å². The molecule has 0 radical (unpaired) electrons. The second kappa shape index (κ2) is 8.86. The van der Waals surface area contributed by atoms with Crippen LogP contribution in [0, 0.1) is 5.92 Å². The maximum Gasteiger partial charge on any atom is 0.0340 e.